The van der Waals surface area contributed by atoms with E-state index >= 15 is 0 Å². The van der Waals surface area contributed by atoms with Crippen LogP contribution in [-0.2, 0) is 6.18 Å². The van der Waals surface area contributed by atoms with Gasteiger partial charge in [0, 0.05) is 12.7 Å². The minimum absolute atomic E-state index is 0.0922. The Labute approximate surface area is 102 Å². The second-order valence-electron chi connectivity index (χ2n) is 3.62. The Morgan fingerprint density at radius 1 is 1.53 bits per heavy atom. The first-order valence-corrected chi connectivity index (χ1v) is 5.33. The van der Waals surface area contributed by atoms with Crippen LogP contribution in [0.4, 0.5) is 19.0 Å². The molecular weight excluding hydrogens is 257 g/mol. The number of rotatable bonds is 4. The van der Waals surface area contributed by atoms with Crippen LogP contribution in [0.5, 0.6) is 0 Å². The number of hydrogen-bond donors (Lipinski definition) is 2. The molecular formula is C10H12ClF3N2O. The lowest BCUT2D eigenvalue weighted by Gasteiger charge is -2.11. The third-order valence-corrected chi connectivity index (χ3v) is 2.31. The summed E-state index contributed by atoms with van der Waals surface area (Å²) in [6.45, 7) is 2.00. The quantitative estimate of drug-likeness (QED) is 0.882. The second kappa shape index (κ2) is 5.55. The summed E-state index contributed by atoms with van der Waals surface area (Å²) in [6.07, 6.45) is -3.76. The lowest BCUT2D eigenvalue weighted by Crippen LogP contribution is -2.12. The molecule has 1 aromatic heterocycles. The summed E-state index contributed by atoms with van der Waals surface area (Å²) in [5, 5.41) is 11.7. The van der Waals surface area contributed by atoms with Gasteiger partial charge in [-0.05, 0) is 19.4 Å². The van der Waals surface area contributed by atoms with Crippen LogP contribution in [0.15, 0.2) is 12.3 Å². The monoisotopic (exact) mass is 268 g/mol. The second-order valence-corrected chi connectivity index (χ2v) is 4.02. The molecule has 3 nitrogen and oxygen atoms in total. The number of aliphatic hydroxyl groups is 1. The average molecular weight is 269 g/mol. The van der Waals surface area contributed by atoms with Crippen molar-refractivity contribution in [1.82, 2.24) is 4.98 Å². The van der Waals surface area contributed by atoms with E-state index in [1.807, 2.05) is 0 Å². The Morgan fingerprint density at radius 3 is 2.65 bits per heavy atom. The maximum atomic E-state index is 12.3. The third-order valence-electron chi connectivity index (χ3n) is 2.02. The summed E-state index contributed by atoms with van der Waals surface area (Å²) in [5.74, 6) is 0.181. The number of aliphatic hydroxyl groups excluding tert-OH is 1. The molecule has 0 saturated carbocycles. The molecule has 7 heteroatoms. The molecule has 1 heterocycles. The van der Waals surface area contributed by atoms with Crippen LogP contribution in [0.1, 0.15) is 18.9 Å². The molecule has 96 valence electrons. The highest BCUT2D eigenvalue weighted by Gasteiger charge is 2.31. The molecule has 1 atom stereocenters. The van der Waals surface area contributed by atoms with Crippen LogP contribution >= 0.6 is 11.6 Å². The molecule has 0 aromatic carbocycles. The van der Waals surface area contributed by atoms with Crippen molar-refractivity contribution >= 4 is 17.4 Å². The Hall–Kier alpha value is -1.01. The van der Waals surface area contributed by atoms with E-state index in [1.165, 1.54) is 0 Å². The van der Waals surface area contributed by atoms with Crippen molar-refractivity contribution in [3.8, 4) is 0 Å². The van der Waals surface area contributed by atoms with Gasteiger partial charge >= 0.3 is 6.18 Å². The number of halogens is 4. The summed E-state index contributed by atoms with van der Waals surface area (Å²) in [7, 11) is 0. The van der Waals surface area contributed by atoms with Crippen molar-refractivity contribution in [3.05, 3.63) is 22.8 Å². The molecule has 0 fully saturated rings. The number of nitrogens with zero attached hydrogens (tertiary/aromatic N) is 1. The van der Waals surface area contributed by atoms with Crippen molar-refractivity contribution in [2.45, 2.75) is 25.6 Å². The molecule has 17 heavy (non-hydrogen) atoms. The van der Waals surface area contributed by atoms with Crippen LogP contribution in [0, 0.1) is 0 Å². The maximum Gasteiger partial charge on any atom is 0.417 e. The summed E-state index contributed by atoms with van der Waals surface area (Å²) in [5.41, 5.74) is -0.886. The van der Waals surface area contributed by atoms with E-state index in [0.717, 1.165) is 12.3 Å². The molecule has 0 unspecified atom stereocenters. The summed E-state index contributed by atoms with van der Waals surface area (Å²) in [6, 6.07) is 0.819. The van der Waals surface area contributed by atoms with Crippen LogP contribution in [-0.4, -0.2) is 22.7 Å². The lowest BCUT2D eigenvalue weighted by atomic mass is 10.2. The van der Waals surface area contributed by atoms with E-state index in [0.29, 0.717) is 13.0 Å². The van der Waals surface area contributed by atoms with Gasteiger partial charge in [0.1, 0.15) is 5.82 Å². The summed E-state index contributed by atoms with van der Waals surface area (Å²) in [4.78, 5) is 3.60. The highest BCUT2D eigenvalue weighted by atomic mass is 35.5. The van der Waals surface area contributed by atoms with E-state index in [1.54, 1.807) is 6.92 Å². The number of nitrogens with one attached hydrogen (secondary N) is 1. The Kier molecular flexibility index (Phi) is 4.59. The van der Waals surface area contributed by atoms with Gasteiger partial charge in [0.2, 0.25) is 0 Å². The highest BCUT2D eigenvalue weighted by Crippen LogP contribution is 2.32. The first kappa shape index (κ1) is 14.1. The summed E-state index contributed by atoms with van der Waals surface area (Å²) < 4.78 is 36.9. The minimum atomic E-state index is -4.45. The number of pyridine rings is 1. The van der Waals surface area contributed by atoms with Gasteiger partial charge in [-0.1, -0.05) is 11.6 Å². The molecule has 0 spiro atoms. The van der Waals surface area contributed by atoms with Crippen molar-refractivity contribution in [3.63, 3.8) is 0 Å². The molecule has 0 aliphatic heterocycles. The van der Waals surface area contributed by atoms with Crippen molar-refractivity contribution in [1.29, 1.82) is 0 Å². The van der Waals surface area contributed by atoms with E-state index in [4.69, 9.17) is 16.7 Å². The van der Waals surface area contributed by atoms with Gasteiger partial charge in [0.15, 0.2) is 0 Å². The van der Waals surface area contributed by atoms with Gasteiger partial charge in [0.25, 0.3) is 0 Å². The highest BCUT2D eigenvalue weighted by molar-refractivity contribution is 6.32. The number of aromatic nitrogens is 1. The molecule has 2 N–H and O–H groups in total. The average Bonchev–Trinajstić information content (AvgIpc) is 2.18. The SMILES string of the molecule is C[C@@H](O)CCNc1ncc(C(F)(F)F)cc1Cl. The number of hydrogen-bond acceptors (Lipinski definition) is 3. The van der Waals surface area contributed by atoms with Crippen LogP contribution in [0.3, 0.4) is 0 Å². The minimum Gasteiger partial charge on any atom is -0.393 e. The van der Waals surface area contributed by atoms with Crippen LogP contribution in [0.25, 0.3) is 0 Å². The molecule has 1 rings (SSSR count). The van der Waals surface area contributed by atoms with E-state index < -0.39 is 17.8 Å². The summed E-state index contributed by atoms with van der Waals surface area (Å²) >= 11 is 5.66. The third kappa shape index (κ3) is 4.40. The number of anilines is 1. The lowest BCUT2D eigenvalue weighted by molar-refractivity contribution is -0.137. The molecule has 0 aliphatic carbocycles. The fourth-order valence-corrected chi connectivity index (χ4v) is 1.36. The Balaban J connectivity index is 2.70. The standard InChI is InChI=1S/C10H12ClF3N2O/c1-6(17)2-3-15-9-8(11)4-7(5-16-9)10(12,13)14/h4-6,17H,2-3H2,1H3,(H,15,16)/t6-/m1/s1. The smallest absolute Gasteiger partial charge is 0.393 e. The van der Waals surface area contributed by atoms with Gasteiger partial charge < -0.3 is 10.4 Å². The zero-order chi connectivity index (χ0) is 13.1. The predicted octanol–water partition coefficient (Wildman–Crippen LogP) is 2.94. The number of alkyl halides is 3. The Morgan fingerprint density at radius 2 is 2.18 bits per heavy atom. The van der Waals surface area contributed by atoms with Crippen LogP contribution < -0.4 is 5.32 Å². The van der Waals surface area contributed by atoms with Gasteiger partial charge in [-0.15, -0.1) is 0 Å². The Bertz CT molecular complexity index is 382. The van der Waals surface area contributed by atoms with Crippen LogP contribution in [0.2, 0.25) is 5.02 Å². The van der Waals surface area contributed by atoms with E-state index in [2.05, 4.69) is 10.3 Å². The fourth-order valence-electron chi connectivity index (χ4n) is 1.12. The molecule has 0 radical (unpaired) electrons. The zero-order valence-electron chi connectivity index (χ0n) is 9.05. The molecule has 0 amide bonds. The normalized spacial score (nSPS) is 13.5. The topological polar surface area (TPSA) is 45.1 Å². The van der Waals surface area contributed by atoms with Crippen molar-refractivity contribution in [2.24, 2.45) is 0 Å². The fraction of sp³-hybridized carbons (Fsp3) is 0.500. The molecule has 0 bridgehead atoms. The predicted molar refractivity (Wildman–Crippen MR) is 59.0 cm³/mol. The van der Waals surface area contributed by atoms with Gasteiger partial charge in [-0.3, -0.25) is 0 Å². The maximum absolute atomic E-state index is 12.3. The van der Waals surface area contributed by atoms with Crippen molar-refractivity contribution < 1.29 is 18.3 Å². The van der Waals surface area contributed by atoms with Gasteiger partial charge in [0.05, 0.1) is 16.7 Å². The van der Waals surface area contributed by atoms with Gasteiger partial charge in [-0.25, -0.2) is 4.98 Å². The van der Waals surface area contributed by atoms with Crippen molar-refractivity contribution in [2.75, 3.05) is 11.9 Å². The molecule has 0 saturated heterocycles. The zero-order valence-corrected chi connectivity index (χ0v) is 9.81. The molecule has 0 aliphatic rings. The molecule has 1 aromatic rings. The van der Waals surface area contributed by atoms with E-state index in [-0.39, 0.29) is 10.8 Å². The first-order chi connectivity index (χ1) is 7.80. The first-order valence-electron chi connectivity index (χ1n) is 4.95. The van der Waals surface area contributed by atoms with E-state index in [9.17, 15) is 13.2 Å². The largest absolute Gasteiger partial charge is 0.417 e. The van der Waals surface area contributed by atoms with Gasteiger partial charge in [-0.2, -0.15) is 13.2 Å².